The molecule has 146 valence electrons. The van der Waals surface area contributed by atoms with Gasteiger partial charge in [0.2, 0.25) is 0 Å². The first kappa shape index (κ1) is 20.7. The first-order valence-electron chi connectivity index (χ1n) is 8.42. The van der Waals surface area contributed by atoms with Crippen LogP contribution in [0.4, 0.5) is 5.69 Å². The summed E-state index contributed by atoms with van der Waals surface area (Å²) in [6.07, 6.45) is 0. The van der Waals surface area contributed by atoms with Crippen LogP contribution in [0.25, 0.3) is 0 Å². The fourth-order valence-corrected chi connectivity index (χ4v) is 3.19. The lowest BCUT2D eigenvalue weighted by molar-refractivity contribution is -0.384. The molecule has 0 aliphatic rings. The third kappa shape index (κ3) is 5.43. The summed E-state index contributed by atoms with van der Waals surface area (Å²) in [4.78, 5) is 22.3. The van der Waals surface area contributed by atoms with Gasteiger partial charge < -0.3 is 14.0 Å². The van der Waals surface area contributed by atoms with Gasteiger partial charge >= 0.3 is 5.97 Å². The first-order valence-corrected chi connectivity index (χ1v) is 9.30. The second kappa shape index (κ2) is 9.36. The molecule has 0 spiro atoms. The van der Waals surface area contributed by atoms with Gasteiger partial charge in [-0.15, -0.1) is 10.2 Å². The molecule has 0 fully saturated rings. The van der Waals surface area contributed by atoms with Gasteiger partial charge in [-0.25, -0.2) is 0 Å². The maximum absolute atomic E-state index is 12.1. The third-order valence-corrected chi connectivity index (χ3v) is 5.25. The Bertz CT molecular complexity index is 791. The third-order valence-electron chi connectivity index (χ3n) is 3.70. The Labute approximate surface area is 161 Å². The molecule has 0 amide bonds. The van der Waals surface area contributed by atoms with Crippen LogP contribution in [-0.4, -0.2) is 37.5 Å². The summed E-state index contributed by atoms with van der Waals surface area (Å²) in [6.45, 7) is 6.15. The summed E-state index contributed by atoms with van der Waals surface area (Å²) in [5, 5.41) is 19.1. The molecule has 0 aliphatic heterocycles. The highest BCUT2D eigenvalue weighted by atomic mass is 32.2. The van der Waals surface area contributed by atoms with E-state index in [1.54, 1.807) is 18.5 Å². The Balaban J connectivity index is 2.03. The summed E-state index contributed by atoms with van der Waals surface area (Å²) in [7, 11) is 1.79. The van der Waals surface area contributed by atoms with Gasteiger partial charge in [-0.2, -0.15) is 0 Å². The second-order valence-electron chi connectivity index (χ2n) is 6.03. The highest BCUT2D eigenvalue weighted by molar-refractivity contribution is 8.00. The smallest absolute Gasteiger partial charge is 0.319 e. The number of rotatable bonds is 9. The number of aromatic nitrogens is 3. The van der Waals surface area contributed by atoms with Crippen molar-refractivity contribution in [2.75, 3.05) is 6.61 Å². The Morgan fingerprint density at radius 2 is 1.96 bits per heavy atom. The fourth-order valence-electron chi connectivity index (χ4n) is 2.18. The number of ether oxygens (including phenoxy) is 2. The van der Waals surface area contributed by atoms with Crippen molar-refractivity contribution in [1.29, 1.82) is 0 Å². The largest absolute Gasteiger partial charge is 0.486 e. The Morgan fingerprint density at radius 3 is 2.52 bits per heavy atom. The van der Waals surface area contributed by atoms with Gasteiger partial charge in [0, 0.05) is 19.2 Å². The molecular formula is C17H22N4O5S. The Morgan fingerprint density at radius 1 is 1.30 bits per heavy atom. The molecule has 1 aromatic heterocycles. The Hall–Kier alpha value is -2.62. The number of nitro groups is 1. The molecule has 0 saturated carbocycles. The van der Waals surface area contributed by atoms with E-state index in [2.05, 4.69) is 10.2 Å². The minimum Gasteiger partial charge on any atom is -0.486 e. The molecule has 10 heteroatoms. The number of nitro benzene ring substituents is 1. The van der Waals surface area contributed by atoms with Crippen LogP contribution in [0.3, 0.4) is 0 Å². The monoisotopic (exact) mass is 394 g/mol. The van der Waals surface area contributed by atoms with E-state index in [0.717, 1.165) is 0 Å². The zero-order valence-corrected chi connectivity index (χ0v) is 16.4. The van der Waals surface area contributed by atoms with Gasteiger partial charge in [0.1, 0.15) is 17.6 Å². The summed E-state index contributed by atoms with van der Waals surface area (Å²) in [5.41, 5.74) is -0.00149. The number of non-ortho nitro benzene ring substituents is 1. The number of carbonyl (C=O) groups excluding carboxylic acids is 1. The number of nitrogens with zero attached hydrogens (tertiary/aromatic N) is 4. The van der Waals surface area contributed by atoms with Crippen molar-refractivity contribution in [3.05, 3.63) is 40.2 Å². The molecule has 0 aliphatic carbocycles. The number of hydrogen-bond donors (Lipinski definition) is 0. The lowest BCUT2D eigenvalue weighted by atomic mass is 10.1. The molecule has 2 rings (SSSR count). The van der Waals surface area contributed by atoms with E-state index in [0.29, 0.717) is 23.3 Å². The normalized spacial score (nSPS) is 12.0. The lowest BCUT2D eigenvalue weighted by Crippen LogP contribution is -2.26. The topological polar surface area (TPSA) is 109 Å². The number of hydrogen-bond acceptors (Lipinski definition) is 8. The minimum absolute atomic E-state index is 0.00149. The highest BCUT2D eigenvalue weighted by Gasteiger charge is 2.27. The molecule has 1 unspecified atom stereocenters. The van der Waals surface area contributed by atoms with Crippen LogP contribution >= 0.6 is 11.8 Å². The maximum Gasteiger partial charge on any atom is 0.319 e. The van der Waals surface area contributed by atoms with E-state index in [1.165, 1.54) is 36.0 Å². The fraction of sp³-hybridized carbons (Fsp3) is 0.471. The van der Waals surface area contributed by atoms with Crippen LogP contribution in [0.1, 0.15) is 26.6 Å². The maximum atomic E-state index is 12.1. The standard InChI is InChI=1S/C17H22N4O5S/c1-5-25-16(22)15(11(2)3)27-17-19-18-14(20(17)4)10-26-13-8-6-12(7-9-13)21(23)24/h6-9,11,15H,5,10H2,1-4H3. The zero-order chi connectivity index (χ0) is 20.0. The predicted molar refractivity (Wildman–Crippen MR) is 99.5 cm³/mol. The lowest BCUT2D eigenvalue weighted by Gasteiger charge is -2.17. The van der Waals surface area contributed by atoms with Crippen molar-refractivity contribution in [3.8, 4) is 5.75 Å². The van der Waals surface area contributed by atoms with Gasteiger partial charge in [0.05, 0.1) is 11.5 Å². The van der Waals surface area contributed by atoms with Crippen LogP contribution < -0.4 is 4.74 Å². The Kier molecular flexibility index (Phi) is 7.17. The average molecular weight is 394 g/mol. The quantitative estimate of drug-likeness (QED) is 0.276. The van der Waals surface area contributed by atoms with Crippen molar-refractivity contribution < 1.29 is 19.2 Å². The van der Waals surface area contributed by atoms with Gasteiger partial charge in [-0.3, -0.25) is 14.9 Å². The van der Waals surface area contributed by atoms with E-state index in [-0.39, 0.29) is 29.4 Å². The number of carbonyl (C=O) groups is 1. The summed E-state index contributed by atoms with van der Waals surface area (Å²) in [6, 6.07) is 5.80. The van der Waals surface area contributed by atoms with Gasteiger partial charge in [0.25, 0.3) is 5.69 Å². The predicted octanol–water partition coefficient (Wildman–Crippen LogP) is 2.98. The molecule has 9 nitrogen and oxygen atoms in total. The molecule has 0 radical (unpaired) electrons. The molecule has 2 aromatic rings. The van der Waals surface area contributed by atoms with Crippen molar-refractivity contribution in [3.63, 3.8) is 0 Å². The van der Waals surface area contributed by atoms with E-state index in [1.807, 2.05) is 13.8 Å². The summed E-state index contributed by atoms with van der Waals surface area (Å²) in [5.74, 6) is 0.862. The number of benzene rings is 1. The molecule has 1 aromatic carbocycles. The van der Waals surface area contributed by atoms with Crippen molar-refractivity contribution >= 4 is 23.4 Å². The van der Waals surface area contributed by atoms with Gasteiger partial charge in [-0.05, 0) is 25.0 Å². The average Bonchev–Trinajstić information content (AvgIpc) is 2.97. The molecule has 0 bridgehead atoms. The summed E-state index contributed by atoms with van der Waals surface area (Å²) < 4.78 is 12.5. The van der Waals surface area contributed by atoms with Crippen molar-refractivity contribution in [2.24, 2.45) is 13.0 Å². The van der Waals surface area contributed by atoms with Crippen LogP contribution in [-0.2, 0) is 23.2 Å². The molecule has 27 heavy (non-hydrogen) atoms. The zero-order valence-electron chi connectivity index (χ0n) is 15.6. The van der Waals surface area contributed by atoms with Crippen molar-refractivity contribution in [1.82, 2.24) is 14.8 Å². The number of esters is 1. The highest BCUT2D eigenvalue weighted by Crippen LogP contribution is 2.28. The molecular weight excluding hydrogens is 372 g/mol. The van der Waals surface area contributed by atoms with Crippen LogP contribution in [0.5, 0.6) is 5.75 Å². The van der Waals surface area contributed by atoms with E-state index < -0.39 is 4.92 Å². The molecule has 1 atom stereocenters. The van der Waals surface area contributed by atoms with Gasteiger partial charge in [0.15, 0.2) is 11.0 Å². The van der Waals surface area contributed by atoms with E-state index in [9.17, 15) is 14.9 Å². The van der Waals surface area contributed by atoms with Crippen LogP contribution in [0, 0.1) is 16.0 Å². The first-order chi connectivity index (χ1) is 12.8. The minimum atomic E-state index is -0.468. The van der Waals surface area contributed by atoms with E-state index >= 15 is 0 Å². The van der Waals surface area contributed by atoms with Gasteiger partial charge in [-0.1, -0.05) is 25.6 Å². The van der Waals surface area contributed by atoms with Crippen molar-refractivity contribution in [2.45, 2.75) is 37.8 Å². The van der Waals surface area contributed by atoms with Crippen LogP contribution in [0.15, 0.2) is 29.4 Å². The van der Waals surface area contributed by atoms with E-state index in [4.69, 9.17) is 9.47 Å². The summed E-state index contributed by atoms with van der Waals surface area (Å²) >= 11 is 1.30. The molecule has 1 heterocycles. The SMILES string of the molecule is CCOC(=O)C(Sc1nnc(COc2ccc([N+](=O)[O-])cc2)n1C)C(C)C. The number of thioether (sulfide) groups is 1. The van der Waals surface area contributed by atoms with Crippen LogP contribution in [0.2, 0.25) is 0 Å². The molecule has 0 N–H and O–H groups in total. The molecule has 0 saturated heterocycles. The second-order valence-corrected chi connectivity index (χ2v) is 7.14.